The van der Waals surface area contributed by atoms with Crippen molar-refractivity contribution in [3.8, 4) is 0 Å². The summed E-state index contributed by atoms with van der Waals surface area (Å²) in [4.78, 5) is 8.53. The van der Waals surface area contributed by atoms with E-state index in [1.807, 2.05) is 6.20 Å². The summed E-state index contributed by atoms with van der Waals surface area (Å²) in [6, 6.07) is 2.09. The lowest BCUT2D eigenvalue weighted by Crippen LogP contribution is -2.23. The van der Waals surface area contributed by atoms with Crippen LogP contribution >= 0.6 is 0 Å². The minimum atomic E-state index is 0.243. The standard InChI is InChI=1S/C16H28N2/c1-4-6-8-9-12-16(3,11-7-5-2)15-10-13-17-14-18-15/h10,13-14H,4-9,11-12H2,1-3H3. The van der Waals surface area contributed by atoms with Gasteiger partial charge in [-0.15, -0.1) is 0 Å². The average Bonchev–Trinajstić information content (AvgIpc) is 2.42. The molecular formula is C16H28N2. The van der Waals surface area contributed by atoms with Crippen molar-refractivity contribution in [2.24, 2.45) is 0 Å². The molecule has 1 heterocycles. The van der Waals surface area contributed by atoms with E-state index in [1.54, 1.807) is 6.33 Å². The summed E-state index contributed by atoms with van der Waals surface area (Å²) >= 11 is 0. The van der Waals surface area contributed by atoms with E-state index in [0.717, 1.165) is 0 Å². The maximum Gasteiger partial charge on any atom is 0.115 e. The minimum absolute atomic E-state index is 0.243. The first-order valence-electron chi connectivity index (χ1n) is 7.49. The van der Waals surface area contributed by atoms with Gasteiger partial charge in [-0.2, -0.15) is 0 Å². The van der Waals surface area contributed by atoms with Crippen molar-refractivity contribution in [3.63, 3.8) is 0 Å². The second-order valence-corrected chi connectivity index (χ2v) is 5.57. The lowest BCUT2D eigenvalue weighted by atomic mass is 9.77. The fraction of sp³-hybridized carbons (Fsp3) is 0.750. The van der Waals surface area contributed by atoms with Gasteiger partial charge in [-0.25, -0.2) is 9.97 Å². The summed E-state index contributed by atoms with van der Waals surface area (Å²) in [6.45, 7) is 6.90. The second-order valence-electron chi connectivity index (χ2n) is 5.57. The van der Waals surface area contributed by atoms with Gasteiger partial charge >= 0.3 is 0 Å². The molecule has 0 aliphatic carbocycles. The Balaban J connectivity index is 2.63. The van der Waals surface area contributed by atoms with Crippen molar-refractivity contribution in [3.05, 3.63) is 24.3 Å². The van der Waals surface area contributed by atoms with Gasteiger partial charge in [0, 0.05) is 17.3 Å². The lowest BCUT2D eigenvalue weighted by Gasteiger charge is -2.29. The summed E-state index contributed by atoms with van der Waals surface area (Å²) in [5.41, 5.74) is 1.47. The monoisotopic (exact) mass is 248 g/mol. The second kappa shape index (κ2) is 8.23. The van der Waals surface area contributed by atoms with Crippen LogP contribution in [0.3, 0.4) is 0 Å². The molecule has 0 amide bonds. The van der Waals surface area contributed by atoms with E-state index >= 15 is 0 Å². The molecule has 0 aromatic carbocycles. The van der Waals surface area contributed by atoms with Crippen molar-refractivity contribution in [1.82, 2.24) is 9.97 Å². The molecule has 0 radical (unpaired) electrons. The van der Waals surface area contributed by atoms with E-state index in [9.17, 15) is 0 Å². The summed E-state index contributed by atoms with van der Waals surface area (Å²) < 4.78 is 0. The molecule has 1 atom stereocenters. The molecule has 0 aliphatic rings. The van der Waals surface area contributed by atoms with Gasteiger partial charge in [0.15, 0.2) is 0 Å². The Morgan fingerprint density at radius 1 is 1.00 bits per heavy atom. The van der Waals surface area contributed by atoms with Crippen LogP contribution in [0.15, 0.2) is 18.6 Å². The Morgan fingerprint density at radius 3 is 2.33 bits per heavy atom. The molecule has 2 nitrogen and oxygen atoms in total. The quantitative estimate of drug-likeness (QED) is 0.581. The van der Waals surface area contributed by atoms with Crippen LogP contribution < -0.4 is 0 Å². The van der Waals surface area contributed by atoms with E-state index in [4.69, 9.17) is 0 Å². The van der Waals surface area contributed by atoms with Crippen LogP contribution in [0, 0.1) is 0 Å². The molecule has 0 bridgehead atoms. The van der Waals surface area contributed by atoms with E-state index in [1.165, 1.54) is 57.1 Å². The number of hydrogen-bond acceptors (Lipinski definition) is 2. The summed E-state index contributed by atoms with van der Waals surface area (Å²) in [5.74, 6) is 0. The molecular weight excluding hydrogens is 220 g/mol. The third kappa shape index (κ3) is 4.75. The minimum Gasteiger partial charge on any atom is -0.245 e. The number of hydrogen-bond donors (Lipinski definition) is 0. The number of unbranched alkanes of at least 4 members (excludes halogenated alkanes) is 4. The van der Waals surface area contributed by atoms with Gasteiger partial charge in [0.05, 0.1) is 0 Å². The SMILES string of the molecule is CCCCCCC(C)(CCCC)c1ccncn1. The lowest BCUT2D eigenvalue weighted by molar-refractivity contribution is 0.359. The molecule has 0 saturated heterocycles. The van der Waals surface area contributed by atoms with Gasteiger partial charge in [0.25, 0.3) is 0 Å². The van der Waals surface area contributed by atoms with Crippen molar-refractivity contribution in [2.75, 3.05) is 0 Å². The van der Waals surface area contributed by atoms with Crippen molar-refractivity contribution < 1.29 is 0 Å². The molecule has 1 aromatic rings. The number of aromatic nitrogens is 2. The molecule has 18 heavy (non-hydrogen) atoms. The Bertz CT molecular complexity index is 310. The number of nitrogens with zero attached hydrogens (tertiary/aromatic N) is 2. The highest BCUT2D eigenvalue weighted by molar-refractivity contribution is 5.13. The van der Waals surface area contributed by atoms with E-state index in [-0.39, 0.29) is 5.41 Å². The van der Waals surface area contributed by atoms with Crippen LogP contribution in [0.5, 0.6) is 0 Å². The fourth-order valence-electron chi connectivity index (χ4n) is 2.54. The molecule has 1 aromatic heterocycles. The highest BCUT2D eigenvalue weighted by atomic mass is 14.8. The van der Waals surface area contributed by atoms with Crippen LogP contribution in [-0.2, 0) is 5.41 Å². The fourth-order valence-corrected chi connectivity index (χ4v) is 2.54. The Kier molecular flexibility index (Phi) is 6.92. The van der Waals surface area contributed by atoms with Crippen LogP contribution in [0.25, 0.3) is 0 Å². The van der Waals surface area contributed by atoms with Crippen molar-refractivity contribution >= 4 is 0 Å². The predicted molar refractivity (Wildman–Crippen MR) is 77.7 cm³/mol. The maximum absolute atomic E-state index is 4.49. The van der Waals surface area contributed by atoms with Gasteiger partial charge < -0.3 is 0 Å². The van der Waals surface area contributed by atoms with E-state index < -0.39 is 0 Å². The smallest absolute Gasteiger partial charge is 0.115 e. The molecule has 0 fully saturated rings. The molecule has 102 valence electrons. The van der Waals surface area contributed by atoms with Gasteiger partial charge in [-0.1, -0.05) is 59.3 Å². The van der Waals surface area contributed by atoms with E-state index in [0.29, 0.717) is 0 Å². The first-order valence-corrected chi connectivity index (χ1v) is 7.49. The highest BCUT2D eigenvalue weighted by Crippen LogP contribution is 2.33. The molecule has 1 unspecified atom stereocenters. The third-order valence-electron chi connectivity index (χ3n) is 3.86. The molecule has 0 spiro atoms. The normalized spacial score (nSPS) is 14.4. The molecule has 0 aliphatic heterocycles. The molecule has 0 saturated carbocycles. The summed E-state index contributed by atoms with van der Waals surface area (Å²) in [5, 5.41) is 0. The summed E-state index contributed by atoms with van der Waals surface area (Å²) in [7, 11) is 0. The largest absolute Gasteiger partial charge is 0.245 e. The zero-order valence-electron chi connectivity index (χ0n) is 12.3. The van der Waals surface area contributed by atoms with Gasteiger partial charge in [0.2, 0.25) is 0 Å². The third-order valence-corrected chi connectivity index (χ3v) is 3.86. The topological polar surface area (TPSA) is 25.8 Å². The average molecular weight is 248 g/mol. The maximum atomic E-state index is 4.49. The van der Waals surface area contributed by atoms with Gasteiger partial charge in [-0.05, 0) is 18.9 Å². The van der Waals surface area contributed by atoms with Crippen LogP contribution in [0.1, 0.15) is 77.8 Å². The zero-order chi connectivity index (χ0) is 13.3. The van der Waals surface area contributed by atoms with Crippen molar-refractivity contribution in [2.45, 2.75) is 77.6 Å². The predicted octanol–water partition coefficient (Wildman–Crippen LogP) is 4.89. The van der Waals surface area contributed by atoms with Crippen LogP contribution in [-0.4, -0.2) is 9.97 Å². The van der Waals surface area contributed by atoms with Crippen LogP contribution in [0.2, 0.25) is 0 Å². The zero-order valence-corrected chi connectivity index (χ0v) is 12.3. The Hall–Kier alpha value is -0.920. The van der Waals surface area contributed by atoms with Crippen molar-refractivity contribution in [1.29, 1.82) is 0 Å². The Labute approximate surface area is 112 Å². The van der Waals surface area contributed by atoms with Crippen LogP contribution in [0.4, 0.5) is 0 Å². The summed E-state index contributed by atoms with van der Waals surface area (Å²) in [6.07, 6.45) is 13.9. The Morgan fingerprint density at radius 2 is 1.72 bits per heavy atom. The molecule has 1 rings (SSSR count). The number of rotatable bonds is 9. The first-order chi connectivity index (χ1) is 8.73. The van der Waals surface area contributed by atoms with E-state index in [2.05, 4.69) is 36.8 Å². The highest BCUT2D eigenvalue weighted by Gasteiger charge is 2.26. The van der Waals surface area contributed by atoms with Gasteiger partial charge in [-0.3, -0.25) is 0 Å². The first kappa shape index (κ1) is 15.1. The molecule has 2 heteroatoms. The van der Waals surface area contributed by atoms with Gasteiger partial charge in [0.1, 0.15) is 6.33 Å². The molecule has 0 N–H and O–H groups in total.